The topological polar surface area (TPSA) is 49.8 Å². The lowest BCUT2D eigenvalue weighted by molar-refractivity contribution is 0.325. The maximum atomic E-state index is 8.85. The molecule has 1 aliphatic rings. The van der Waals surface area contributed by atoms with Gasteiger partial charge in [0.15, 0.2) is 0 Å². The summed E-state index contributed by atoms with van der Waals surface area (Å²) in [6.07, 6.45) is 2.02. The van der Waals surface area contributed by atoms with Crippen LogP contribution in [-0.4, -0.2) is 0 Å². The lowest BCUT2D eigenvalue weighted by atomic mass is 9.71. The first-order valence-corrected chi connectivity index (χ1v) is 5.04. The van der Waals surface area contributed by atoms with Gasteiger partial charge in [-0.1, -0.05) is 11.6 Å². The number of anilines is 1. The normalized spacial score (nSPS) is 25.1. The fourth-order valence-corrected chi connectivity index (χ4v) is 2.13. The van der Waals surface area contributed by atoms with Crippen LogP contribution in [0, 0.1) is 17.2 Å². The fourth-order valence-electron chi connectivity index (χ4n) is 1.87. The van der Waals surface area contributed by atoms with Crippen LogP contribution in [0.3, 0.4) is 0 Å². The first-order valence-electron chi connectivity index (χ1n) is 4.67. The quantitative estimate of drug-likeness (QED) is 0.719. The predicted octanol–water partition coefficient (Wildman–Crippen LogP) is 2.94. The highest BCUT2D eigenvalue weighted by Crippen LogP contribution is 2.44. The Bertz CT molecular complexity index is 395. The van der Waals surface area contributed by atoms with Gasteiger partial charge < -0.3 is 5.73 Å². The summed E-state index contributed by atoms with van der Waals surface area (Å²) < 4.78 is 0. The Balaban J connectivity index is 2.32. The maximum absolute atomic E-state index is 8.85. The minimum atomic E-state index is 0.120. The van der Waals surface area contributed by atoms with Crippen molar-refractivity contribution >= 4 is 17.3 Å². The molecule has 14 heavy (non-hydrogen) atoms. The zero-order valence-electron chi connectivity index (χ0n) is 7.70. The lowest BCUT2D eigenvalue weighted by Crippen LogP contribution is -2.22. The molecule has 2 nitrogen and oxygen atoms in total. The van der Waals surface area contributed by atoms with Gasteiger partial charge in [0.25, 0.3) is 0 Å². The molecule has 2 atom stereocenters. The van der Waals surface area contributed by atoms with E-state index in [9.17, 15) is 0 Å². The highest BCUT2D eigenvalue weighted by Gasteiger charge is 2.33. The van der Waals surface area contributed by atoms with E-state index in [1.807, 2.05) is 6.07 Å². The largest absolute Gasteiger partial charge is 0.399 e. The van der Waals surface area contributed by atoms with Crippen molar-refractivity contribution in [2.45, 2.75) is 18.8 Å². The smallest absolute Gasteiger partial charge is 0.0662 e. The Morgan fingerprint density at radius 3 is 2.79 bits per heavy atom. The number of nitrogen functional groups attached to an aromatic ring is 1. The van der Waals surface area contributed by atoms with Crippen molar-refractivity contribution in [3.8, 4) is 6.07 Å². The van der Waals surface area contributed by atoms with Crippen LogP contribution in [0.25, 0.3) is 0 Å². The second kappa shape index (κ2) is 3.51. The number of nitrogens with zero attached hydrogens (tertiary/aromatic N) is 1. The first-order chi connectivity index (χ1) is 6.72. The molecule has 0 radical (unpaired) electrons. The van der Waals surface area contributed by atoms with Crippen molar-refractivity contribution in [3.05, 3.63) is 28.8 Å². The third kappa shape index (κ3) is 1.44. The zero-order chi connectivity index (χ0) is 10.1. The van der Waals surface area contributed by atoms with Gasteiger partial charge in [0.1, 0.15) is 0 Å². The van der Waals surface area contributed by atoms with E-state index in [1.54, 1.807) is 12.1 Å². The molecule has 1 fully saturated rings. The molecule has 0 amide bonds. The van der Waals surface area contributed by atoms with Gasteiger partial charge in [-0.05, 0) is 36.6 Å². The highest BCUT2D eigenvalue weighted by molar-refractivity contribution is 6.31. The van der Waals surface area contributed by atoms with Gasteiger partial charge in [0, 0.05) is 16.6 Å². The summed E-state index contributed by atoms with van der Waals surface area (Å²) in [6.45, 7) is 0. The Hall–Kier alpha value is -1.20. The maximum Gasteiger partial charge on any atom is 0.0662 e. The molecule has 72 valence electrons. The van der Waals surface area contributed by atoms with Crippen molar-refractivity contribution in [1.29, 1.82) is 5.26 Å². The van der Waals surface area contributed by atoms with Crippen molar-refractivity contribution < 1.29 is 0 Å². The van der Waals surface area contributed by atoms with Crippen LogP contribution < -0.4 is 5.73 Å². The molecule has 0 bridgehead atoms. The Morgan fingerprint density at radius 1 is 1.43 bits per heavy atom. The van der Waals surface area contributed by atoms with Crippen LogP contribution in [-0.2, 0) is 0 Å². The Morgan fingerprint density at radius 2 is 2.21 bits per heavy atom. The van der Waals surface area contributed by atoms with Crippen molar-refractivity contribution in [1.82, 2.24) is 0 Å². The van der Waals surface area contributed by atoms with Crippen molar-refractivity contribution in [3.63, 3.8) is 0 Å². The first kappa shape index (κ1) is 9.36. The second-order valence-corrected chi connectivity index (χ2v) is 4.11. The molecule has 0 unspecified atom stereocenters. The summed E-state index contributed by atoms with van der Waals surface area (Å²) in [5.74, 6) is 0.408. The van der Waals surface area contributed by atoms with Gasteiger partial charge in [0.2, 0.25) is 0 Å². The van der Waals surface area contributed by atoms with Crippen LogP contribution in [0.15, 0.2) is 18.2 Å². The number of halogens is 1. The van der Waals surface area contributed by atoms with E-state index in [0.717, 1.165) is 23.4 Å². The van der Waals surface area contributed by atoms with Crippen LogP contribution in [0.5, 0.6) is 0 Å². The molecule has 0 aliphatic heterocycles. The van der Waals surface area contributed by atoms with Gasteiger partial charge in [-0.2, -0.15) is 5.26 Å². The van der Waals surface area contributed by atoms with E-state index in [0.29, 0.717) is 5.69 Å². The van der Waals surface area contributed by atoms with Crippen molar-refractivity contribution in [2.24, 2.45) is 5.92 Å². The summed E-state index contributed by atoms with van der Waals surface area (Å²) in [7, 11) is 0. The molecule has 2 N–H and O–H groups in total. The standard InChI is InChI=1S/C11H11ClN2/c12-11-4-2-8(14)5-10(11)9-3-1-7(9)6-13/h2,4-5,7,9H,1,3,14H2/t7-,9-/m1/s1. The number of hydrogen-bond acceptors (Lipinski definition) is 2. The van der Waals surface area contributed by atoms with E-state index in [-0.39, 0.29) is 11.8 Å². The number of hydrogen-bond donors (Lipinski definition) is 1. The zero-order valence-corrected chi connectivity index (χ0v) is 8.46. The molecule has 0 saturated heterocycles. The average molecular weight is 207 g/mol. The summed E-state index contributed by atoms with van der Waals surface area (Å²) in [5, 5.41) is 9.58. The highest BCUT2D eigenvalue weighted by atomic mass is 35.5. The molecular formula is C11H11ClN2. The minimum Gasteiger partial charge on any atom is -0.399 e. The van der Waals surface area contributed by atoms with Gasteiger partial charge in [-0.25, -0.2) is 0 Å². The predicted molar refractivity (Wildman–Crippen MR) is 56.9 cm³/mol. The molecule has 3 heteroatoms. The second-order valence-electron chi connectivity index (χ2n) is 3.70. The van der Waals surface area contributed by atoms with Crippen LogP contribution in [0.1, 0.15) is 24.3 Å². The van der Waals surface area contributed by atoms with Crippen molar-refractivity contribution in [2.75, 3.05) is 5.73 Å². The molecule has 0 heterocycles. The molecule has 1 aromatic carbocycles. The average Bonchev–Trinajstić information content (AvgIpc) is 2.10. The van der Waals surface area contributed by atoms with Crippen LogP contribution in [0.2, 0.25) is 5.02 Å². The number of nitrogens with two attached hydrogens (primary N) is 1. The lowest BCUT2D eigenvalue weighted by Gasteiger charge is -2.32. The fraction of sp³-hybridized carbons (Fsp3) is 0.364. The Kier molecular flexibility index (Phi) is 2.35. The molecule has 1 aromatic rings. The molecule has 0 spiro atoms. The number of benzene rings is 1. The summed E-state index contributed by atoms with van der Waals surface area (Å²) in [4.78, 5) is 0. The van der Waals surface area contributed by atoms with Gasteiger partial charge in [-0.3, -0.25) is 0 Å². The molecule has 2 rings (SSSR count). The van der Waals surface area contributed by atoms with Crippen LogP contribution in [0.4, 0.5) is 5.69 Å². The van der Waals surface area contributed by atoms with Gasteiger partial charge in [-0.15, -0.1) is 0 Å². The summed E-state index contributed by atoms with van der Waals surface area (Å²) in [5.41, 5.74) is 7.44. The third-order valence-corrected chi connectivity index (χ3v) is 3.20. The number of rotatable bonds is 1. The number of nitriles is 1. The van der Waals surface area contributed by atoms with E-state index < -0.39 is 0 Å². The monoisotopic (exact) mass is 206 g/mol. The van der Waals surface area contributed by atoms with E-state index >= 15 is 0 Å². The SMILES string of the molecule is N#C[C@H]1CC[C@H]1c1cc(N)ccc1Cl. The van der Waals surface area contributed by atoms with E-state index in [2.05, 4.69) is 6.07 Å². The van der Waals surface area contributed by atoms with Gasteiger partial charge >= 0.3 is 0 Å². The molecular weight excluding hydrogens is 196 g/mol. The van der Waals surface area contributed by atoms with E-state index in [1.165, 1.54) is 0 Å². The molecule has 1 aliphatic carbocycles. The summed E-state index contributed by atoms with van der Waals surface area (Å²) >= 11 is 6.06. The third-order valence-electron chi connectivity index (χ3n) is 2.86. The molecule has 0 aromatic heterocycles. The van der Waals surface area contributed by atoms with E-state index in [4.69, 9.17) is 22.6 Å². The summed E-state index contributed by atoms with van der Waals surface area (Å²) in [6, 6.07) is 7.77. The Labute approximate surface area is 88.3 Å². The van der Waals surface area contributed by atoms with Crippen LogP contribution >= 0.6 is 11.6 Å². The minimum absolute atomic E-state index is 0.120. The molecule has 1 saturated carbocycles. The van der Waals surface area contributed by atoms with Gasteiger partial charge in [0.05, 0.1) is 12.0 Å².